The van der Waals surface area contributed by atoms with Gasteiger partial charge in [0.1, 0.15) is 13.2 Å². The van der Waals surface area contributed by atoms with Crippen LogP contribution in [0.1, 0.15) is 27.2 Å². The number of esters is 2. The second kappa shape index (κ2) is 21.0. The van der Waals surface area contributed by atoms with Crippen LogP contribution < -0.4 is 0 Å². The van der Waals surface area contributed by atoms with Crippen LogP contribution in [-0.2, 0) is 33.3 Å². The van der Waals surface area contributed by atoms with Crippen LogP contribution in [0, 0.1) is 5.41 Å². The maximum absolute atomic E-state index is 11.0. The molecule has 0 unspecified atom stereocenters. The molecule has 0 aromatic heterocycles. The van der Waals surface area contributed by atoms with E-state index in [1.165, 1.54) is 0 Å². The molecule has 0 fully saturated rings. The Labute approximate surface area is 190 Å². The molecule has 0 rings (SSSR count). The molecule has 0 aliphatic carbocycles. The first kappa shape index (κ1) is 32.4. The fraction of sp³-hybridized carbons (Fsp3) is 0.727. The third kappa shape index (κ3) is 17.8. The Kier molecular flexibility index (Phi) is 21.3. The normalized spacial score (nSPS) is 10.7. The second-order valence-corrected chi connectivity index (χ2v) is 7.00. The van der Waals surface area contributed by atoms with E-state index in [1.54, 1.807) is 13.8 Å². The first-order valence-electron chi connectivity index (χ1n) is 10.4. The molecule has 0 aromatic rings. The molecule has 0 saturated heterocycles. The molecule has 10 nitrogen and oxygen atoms in total. The van der Waals surface area contributed by atoms with Gasteiger partial charge in [0.2, 0.25) is 0 Å². The molecular weight excluding hydrogens is 424 g/mol. The molecular formula is C22H40O10. The van der Waals surface area contributed by atoms with E-state index in [0.29, 0.717) is 57.2 Å². The van der Waals surface area contributed by atoms with Gasteiger partial charge in [0, 0.05) is 16.6 Å². The standard InChI is InChI=1S/C16H26O7.C6H14O3/c1-13(2)15(17)22-11-9-20-7-5-19-6-8-21-10-12-23-16(18)14(3)4;1-2-6(3-7,4-8)5-9/h1,3,5-12H2,2,4H3;7-9H,2-5H2,1H3. The third-order valence-electron chi connectivity index (χ3n) is 4.12. The molecule has 0 heterocycles. The number of ether oxygens (including phenoxy) is 5. The zero-order chi connectivity index (χ0) is 24.8. The largest absolute Gasteiger partial charge is 0.460 e. The Balaban J connectivity index is 0. The molecule has 10 heteroatoms. The highest BCUT2D eigenvalue weighted by atomic mass is 16.6. The van der Waals surface area contributed by atoms with Crippen molar-refractivity contribution in [1.82, 2.24) is 0 Å². The van der Waals surface area contributed by atoms with E-state index < -0.39 is 17.4 Å². The van der Waals surface area contributed by atoms with Gasteiger partial charge in [-0.2, -0.15) is 0 Å². The van der Waals surface area contributed by atoms with Crippen LogP contribution in [0.3, 0.4) is 0 Å². The van der Waals surface area contributed by atoms with Gasteiger partial charge in [0.15, 0.2) is 0 Å². The lowest BCUT2D eigenvalue weighted by molar-refractivity contribution is -0.141. The lowest BCUT2D eigenvalue weighted by Crippen LogP contribution is -2.32. The summed E-state index contributed by atoms with van der Waals surface area (Å²) in [6, 6.07) is 0. The summed E-state index contributed by atoms with van der Waals surface area (Å²) in [4.78, 5) is 22.1. The van der Waals surface area contributed by atoms with Crippen LogP contribution in [0.15, 0.2) is 24.3 Å². The average molecular weight is 465 g/mol. The number of carbonyl (C=O) groups is 2. The number of carbonyl (C=O) groups excluding carboxylic acids is 2. The number of hydrogen-bond acceptors (Lipinski definition) is 10. The molecule has 188 valence electrons. The average Bonchev–Trinajstić information content (AvgIpc) is 2.78. The van der Waals surface area contributed by atoms with Crippen molar-refractivity contribution in [3.05, 3.63) is 24.3 Å². The monoisotopic (exact) mass is 464 g/mol. The Hall–Kier alpha value is -1.82. The summed E-state index contributed by atoms with van der Waals surface area (Å²) in [5.41, 5.74) is 0.0606. The maximum Gasteiger partial charge on any atom is 0.333 e. The molecule has 0 aliphatic heterocycles. The Morgan fingerprint density at radius 3 is 1.12 bits per heavy atom. The van der Waals surface area contributed by atoms with E-state index in [0.717, 1.165) is 0 Å². The van der Waals surface area contributed by atoms with Gasteiger partial charge in [0.25, 0.3) is 0 Å². The quantitative estimate of drug-likeness (QED) is 0.150. The molecule has 32 heavy (non-hydrogen) atoms. The second-order valence-electron chi connectivity index (χ2n) is 7.00. The summed E-state index contributed by atoms with van der Waals surface area (Å²) < 4.78 is 25.4. The van der Waals surface area contributed by atoms with E-state index in [4.69, 9.17) is 39.0 Å². The first-order valence-corrected chi connectivity index (χ1v) is 10.4. The van der Waals surface area contributed by atoms with E-state index in [2.05, 4.69) is 13.2 Å². The van der Waals surface area contributed by atoms with Crippen LogP contribution in [0.5, 0.6) is 0 Å². The van der Waals surface area contributed by atoms with Crippen LogP contribution >= 0.6 is 0 Å². The zero-order valence-electron chi connectivity index (χ0n) is 19.6. The minimum absolute atomic E-state index is 0.156. The molecule has 0 amide bonds. The van der Waals surface area contributed by atoms with Gasteiger partial charge < -0.3 is 39.0 Å². The fourth-order valence-electron chi connectivity index (χ4n) is 1.66. The van der Waals surface area contributed by atoms with Crippen molar-refractivity contribution >= 4 is 11.9 Å². The smallest absolute Gasteiger partial charge is 0.333 e. The zero-order valence-corrected chi connectivity index (χ0v) is 19.6. The van der Waals surface area contributed by atoms with Gasteiger partial charge in [0.05, 0.1) is 59.5 Å². The Morgan fingerprint density at radius 1 is 0.656 bits per heavy atom. The van der Waals surface area contributed by atoms with Crippen LogP contribution in [-0.4, -0.2) is 99.9 Å². The molecule has 0 radical (unpaired) electrons. The van der Waals surface area contributed by atoms with E-state index in [-0.39, 0.29) is 33.0 Å². The van der Waals surface area contributed by atoms with Gasteiger partial charge in [-0.1, -0.05) is 20.1 Å². The van der Waals surface area contributed by atoms with E-state index in [1.807, 2.05) is 6.92 Å². The van der Waals surface area contributed by atoms with Crippen molar-refractivity contribution in [2.45, 2.75) is 27.2 Å². The van der Waals surface area contributed by atoms with Gasteiger partial charge in [-0.15, -0.1) is 0 Å². The van der Waals surface area contributed by atoms with Crippen molar-refractivity contribution < 1.29 is 48.6 Å². The summed E-state index contributed by atoms with van der Waals surface area (Å²) >= 11 is 0. The van der Waals surface area contributed by atoms with Crippen molar-refractivity contribution in [3.8, 4) is 0 Å². The number of hydrogen-bond donors (Lipinski definition) is 3. The van der Waals surface area contributed by atoms with Crippen molar-refractivity contribution in [3.63, 3.8) is 0 Å². The van der Waals surface area contributed by atoms with Crippen LogP contribution in [0.4, 0.5) is 0 Å². The molecule has 0 atom stereocenters. The number of aliphatic hydroxyl groups excluding tert-OH is 3. The lowest BCUT2D eigenvalue weighted by atomic mass is 9.88. The van der Waals surface area contributed by atoms with E-state index in [9.17, 15) is 9.59 Å². The molecule has 3 N–H and O–H groups in total. The minimum atomic E-state index is -0.667. The van der Waals surface area contributed by atoms with E-state index >= 15 is 0 Å². The highest BCUT2D eigenvalue weighted by Gasteiger charge is 2.24. The summed E-state index contributed by atoms with van der Waals surface area (Å²) in [7, 11) is 0. The minimum Gasteiger partial charge on any atom is -0.460 e. The Bertz CT molecular complexity index is 475. The molecule has 0 aromatic carbocycles. The summed E-state index contributed by atoms with van der Waals surface area (Å²) in [6.07, 6.45) is 0.594. The van der Waals surface area contributed by atoms with Gasteiger partial charge >= 0.3 is 11.9 Å². The summed E-state index contributed by atoms with van der Waals surface area (Å²) in [5.74, 6) is -0.841. The van der Waals surface area contributed by atoms with Crippen molar-refractivity contribution in [2.75, 3.05) is 72.7 Å². The number of aliphatic hydroxyl groups is 3. The number of rotatable bonds is 18. The summed E-state index contributed by atoms with van der Waals surface area (Å²) in [5, 5.41) is 26.0. The highest BCUT2D eigenvalue weighted by Crippen LogP contribution is 2.18. The molecule has 0 saturated carbocycles. The molecule has 0 spiro atoms. The molecule has 0 bridgehead atoms. The lowest BCUT2D eigenvalue weighted by Gasteiger charge is -2.24. The van der Waals surface area contributed by atoms with Gasteiger partial charge in [-0.25, -0.2) is 9.59 Å². The fourth-order valence-corrected chi connectivity index (χ4v) is 1.66. The van der Waals surface area contributed by atoms with Crippen molar-refractivity contribution in [1.29, 1.82) is 0 Å². The molecule has 0 aliphatic rings. The van der Waals surface area contributed by atoms with Gasteiger partial charge in [-0.05, 0) is 20.3 Å². The van der Waals surface area contributed by atoms with Crippen molar-refractivity contribution in [2.24, 2.45) is 5.41 Å². The Morgan fingerprint density at radius 2 is 0.938 bits per heavy atom. The highest BCUT2D eigenvalue weighted by molar-refractivity contribution is 5.87. The predicted octanol–water partition coefficient (Wildman–Crippen LogP) is 0.635. The SMILES string of the molecule is C=C(C)C(=O)OCCOCCOCCOCCOC(=O)C(=C)C.CCC(CO)(CO)CO. The maximum atomic E-state index is 11.0. The first-order chi connectivity index (χ1) is 15.2. The predicted molar refractivity (Wildman–Crippen MR) is 118 cm³/mol. The topological polar surface area (TPSA) is 141 Å². The van der Waals surface area contributed by atoms with Gasteiger partial charge in [-0.3, -0.25) is 0 Å². The van der Waals surface area contributed by atoms with Crippen LogP contribution in [0.25, 0.3) is 0 Å². The van der Waals surface area contributed by atoms with Crippen LogP contribution in [0.2, 0.25) is 0 Å². The third-order valence-corrected chi connectivity index (χ3v) is 4.12. The summed E-state index contributed by atoms with van der Waals surface area (Å²) in [6.45, 7) is 14.1.